The molecule has 11 nitrogen and oxygen atoms in total. The molecular formula is C12H17N5O6. The van der Waals surface area contributed by atoms with Crippen molar-refractivity contribution < 1.29 is 24.1 Å². The molecule has 23 heavy (non-hydrogen) atoms. The predicted octanol–water partition coefficient (Wildman–Crippen LogP) is -2.56. The number of hydrogen-bond acceptors (Lipinski definition) is 6. The quantitative estimate of drug-likeness (QED) is 0.248. The van der Waals surface area contributed by atoms with Crippen molar-refractivity contribution in [2.24, 2.45) is 11.8 Å². The normalized spacial score (nSPS) is 32.9. The maximum Gasteiger partial charge on any atom is 0.309 e. The molecule has 0 aromatic rings. The lowest BCUT2D eigenvalue weighted by Gasteiger charge is -2.44. The Morgan fingerprint density at radius 3 is 2.39 bits per heavy atom. The Labute approximate surface area is 130 Å². The van der Waals surface area contributed by atoms with Gasteiger partial charge in [0.1, 0.15) is 0 Å². The molecule has 0 radical (unpaired) electrons. The van der Waals surface area contributed by atoms with Crippen LogP contribution in [0.3, 0.4) is 0 Å². The van der Waals surface area contributed by atoms with E-state index in [4.69, 9.17) is 0 Å². The van der Waals surface area contributed by atoms with Crippen molar-refractivity contribution in [2.45, 2.75) is 38.4 Å². The van der Waals surface area contributed by atoms with Crippen LogP contribution in [0.25, 0.3) is 0 Å². The number of carbonyl (C=O) groups excluding carboxylic acids is 4. The predicted molar refractivity (Wildman–Crippen MR) is 73.9 cm³/mol. The molecule has 11 heteroatoms. The highest BCUT2D eigenvalue weighted by atomic mass is 16.6. The fraction of sp³-hybridized carbons (Fsp3) is 0.667. The summed E-state index contributed by atoms with van der Waals surface area (Å²) in [6, 6.07) is -2.56. The van der Waals surface area contributed by atoms with E-state index in [9.17, 15) is 29.3 Å². The highest BCUT2D eigenvalue weighted by Gasteiger charge is 2.54. The van der Waals surface area contributed by atoms with Crippen molar-refractivity contribution in [3.63, 3.8) is 0 Å². The van der Waals surface area contributed by atoms with Crippen LogP contribution in [0.1, 0.15) is 20.3 Å². The van der Waals surface area contributed by atoms with E-state index < -0.39 is 58.5 Å². The minimum atomic E-state index is -1.06. The molecule has 1 saturated heterocycles. The lowest BCUT2D eigenvalue weighted by Crippen LogP contribution is -2.71. The Hall–Kier alpha value is -2.72. The van der Waals surface area contributed by atoms with Gasteiger partial charge >= 0.3 is 11.8 Å². The van der Waals surface area contributed by atoms with Gasteiger partial charge in [-0.05, 0) is 0 Å². The van der Waals surface area contributed by atoms with Crippen LogP contribution < -0.4 is 21.5 Å². The van der Waals surface area contributed by atoms with Crippen LogP contribution in [0.2, 0.25) is 0 Å². The molecule has 0 aromatic heterocycles. The molecule has 1 saturated carbocycles. The molecule has 5 atom stereocenters. The van der Waals surface area contributed by atoms with Gasteiger partial charge in [0.05, 0.1) is 18.0 Å². The van der Waals surface area contributed by atoms with Gasteiger partial charge < -0.3 is 10.6 Å². The lowest BCUT2D eigenvalue weighted by molar-refractivity contribution is -0.537. The average Bonchev–Trinajstić information content (AvgIpc) is 2.46. The molecule has 0 spiro atoms. The summed E-state index contributed by atoms with van der Waals surface area (Å²) >= 11 is 0. The minimum absolute atomic E-state index is 0.00870. The Balaban J connectivity index is 2.27. The largest absolute Gasteiger partial charge is 0.343 e. The second-order valence-corrected chi connectivity index (χ2v) is 5.72. The molecule has 1 aliphatic heterocycles. The number of hydrazine groups is 1. The molecule has 126 valence electrons. The van der Waals surface area contributed by atoms with Gasteiger partial charge in [-0.15, -0.1) is 0 Å². The summed E-state index contributed by atoms with van der Waals surface area (Å²) in [5.74, 6) is -4.62. The third-order valence-electron chi connectivity index (χ3n) is 4.24. The fourth-order valence-corrected chi connectivity index (χ4v) is 3.14. The van der Waals surface area contributed by atoms with Gasteiger partial charge in [0.15, 0.2) is 0 Å². The third-order valence-corrected chi connectivity index (χ3v) is 4.24. The van der Waals surface area contributed by atoms with Gasteiger partial charge in [0, 0.05) is 24.2 Å². The van der Waals surface area contributed by atoms with Crippen molar-refractivity contribution in [3.05, 3.63) is 10.1 Å². The molecule has 5 unspecified atom stereocenters. The first-order valence-corrected chi connectivity index (χ1v) is 7.03. The highest BCUT2D eigenvalue weighted by molar-refractivity contribution is 6.35. The van der Waals surface area contributed by atoms with Crippen LogP contribution in [0.5, 0.6) is 0 Å². The Kier molecular flexibility index (Phi) is 4.48. The van der Waals surface area contributed by atoms with Crippen molar-refractivity contribution in [1.82, 2.24) is 21.5 Å². The number of nitrogens with zero attached hydrogens (tertiary/aromatic N) is 1. The third kappa shape index (κ3) is 3.22. The maximum absolute atomic E-state index is 12.3. The van der Waals surface area contributed by atoms with Gasteiger partial charge in [-0.3, -0.25) is 40.1 Å². The van der Waals surface area contributed by atoms with Crippen LogP contribution >= 0.6 is 0 Å². The number of amides is 4. The highest BCUT2D eigenvalue weighted by Crippen LogP contribution is 2.33. The molecule has 1 aliphatic carbocycles. The van der Waals surface area contributed by atoms with Crippen molar-refractivity contribution in [3.8, 4) is 0 Å². The molecule has 2 fully saturated rings. The SMILES string of the molecule is CC(=O)NNC(=O)C1C(C)C([N+](=O)[O-])CC2NC(=O)C(=O)NC21. The summed E-state index contributed by atoms with van der Waals surface area (Å²) < 4.78 is 0. The maximum atomic E-state index is 12.3. The number of nitrogens with one attached hydrogen (secondary N) is 4. The van der Waals surface area contributed by atoms with E-state index in [0.29, 0.717) is 0 Å². The number of rotatable bonds is 2. The van der Waals surface area contributed by atoms with Crippen LogP contribution in [0.15, 0.2) is 0 Å². The van der Waals surface area contributed by atoms with Crippen LogP contribution in [-0.2, 0) is 19.2 Å². The molecule has 4 amide bonds. The molecule has 2 aliphatic rings. The second-order valence-electron chi connectivity index (χ2n) is 5.72. The fourth-order valence-electron chi connectivity index (χ4n) is 3.14. The summed E-state index contributed by atoms with van der Waals surface area (Å²) in [7, 11) is 0. The molecular weight excluding hydrogens is 310 g/mol. The van der Waals surface area contributed by atoms with Crippen molar-refractivity contribution >= 4 is 23.6 Å². The van der Waals surface area contributed by atoms with Gasteiger partial charge in [-0.25, -0.2) is 0 Å². The molecule has 2 rings (SSSR count). The lowest BCUT2D eigenvalue weighted by atomic mass is 9.70. The van der Waals surface area contributed by atoms with Crippen LogP contribution in [-0.4, -0.2) is 46.7 Å². The first kappa shape index (κ1) is 16.6. The summed E-state index contributed by atoms with van der Waals surface area (Å²) in [6.07, 6.45) is 0.00870. The first-order chi connectivity index (χ1) is 10.7. The zero-order chi connectivity index (χ0) is 17.3. The van der Waals surface area contributed by atoms with E-state index in [2.05, 4.69) is 21.5 Å². The average molecular weight is 327 g/mol. The summed E-state index contributed by atoms with van der Waals surface area (Å²) in [6.45, 7) is 2.72. The number of nitro groups is 1. The number of piperazine rings is 1. The summed E-state index contributed by atoms with van der Waals surface area (Å²) in [5, 5.41) is 16.1. The van der Waals surface area contributed by atoms with E-state index in [1.165, 1.54) is 13.8 Å². The van der Waals surface area contributed by atoms with Gasteiger partial charge in [0.25, 0.3) is 0 Å². The zero-order valence-electron chi connectivity index (χ0n) is 12.5. The Bertz CT molecular complexity index is 578. The minimum Gasteiger partial charge on any atom is -0.343 e. The number of fused-ring (bicyclic) bond motifs is 1. The first-order valence-electron chi connectivity index (χ1n) is 7.03. The van der Waals surface area contributed by atoms with Gasteiger partial charge in [-0.2, -0.15) is 0 Å². The van der Waals surface area contributed by atoms with E-state index in [-0.39, 0.29) is 6.42 Å². The smallest absolute Gasteiger partial charge is 0.309 e. The van der Waals surface area contributed by atoms with E-state index in [1.807, 2.05) is 0 Å². The number of hydrogen-bond donors (Lipinski definition) is 4. The standard InChI is InChI=1S/C12H17N5O6/c1-4-7(17(22)23)3-6-9(14-12(21)11(20)13-6)8(4)10(19)16-15-5(2)18/h4,6-9H,3H2,1-2H3,(H,13,20)(H,14,21)(H,15,18)(H,16,19). The Morgan fingerprint density at radius 1 is 1.22 bits per heavy atom. The molecule has 1 heterocycles. The van der Waals surface area contributed by atoms with E-state index in [0.717, 1.165) is 0 Å². The zero-order valence-corrected chi connectivity index (χ0v) is 12.5. The van der Waals surface area contributed by atoms with Gasteiger partial charge in [0.2, 0.25) is 17.9 Å². The second kappa shape index (κ2) is 6.18. The van der Waals surface area contributed by atoms with Crippen LogP contribution in [0.4, 0.5) is 0 Å². The molecule has 0 aromatic carbocycles. The summed E-state index contributed by atoms with van der Waals surface area (Å²) in [5.41, 5.74) is 4.29. The molecule has 0 bridgehead atoms. The van der Waals surface area contributed by atoms with Crippen molar-refractivity contribution in [2.75, 3.05) is 0 Å². The van der Waals surface area contributed by atoms with E-state index >= 15 is 0 Å². The topological polar surface area (TPSA) is 160 Å². The number of carbonyl (C=O) groups is 4. The van der Waals surface area contributed by atoms with E-state index in [1.54, 1.807) is 0 Å². The Morgan fingerprint density at radius 2 is 1.83 bits per heavy atom. The van der Waals surface area contributed by atoms with Crippen molar-refractivity contribution in [1.29, 1.82) is 0 Å². The van der Waals surface area contributed by atoms with Crippen LogP contribution in [0, 0.1) is 22.0 Å². The monoisotopic (exact) mass is 327 g/mol. The van der Waals surface area contributed by atoms with Gasteiger partial charge in [-0.1, -0.05) is 6.92 Å². The molecule has 4 N–H and O–H groups in total. The summed E-state index contributed by atoms with van der Waals surface area (Å²) in [4.78, 5) is 56.9.